The van der Waals surface area contributed by atoms with E-state index in [9.17, 15) is 9.59 Å². The second-order valence-electron chi connectivity index (χ2n) is 6.27. The molecule has 2 fully saturated rings. The van der Waals surface area contributed by atoms with Crippen molar-refractivity contribution in [2.45, 2.75) is 25.5 Å². The van der Waals surface area contributed by atoms with E-state index in [0.29, 0.717) is 25.2 Å². The lowest BCUT2D eigenvalue weighted by Crippen LogP contribution is -2.48. The number of likely N-dealkylation sites (N-methyl/N-ethyl adjacent to an activating group) is 1. The van der Waals surface area contributed by atoms with E-state index in [4.69, 9.17) is 4.74 Å². The molecule has 2 unspecified atom stereocenters. The number of morpholine rings is 1. The van der Waals surface area contributed by atoms with Gasteiger partial charge in [-0.05, 0) is 31.3 Å². The number of hydrogen-bond acceptors (Lipinski definition) is 4. The molecule has 3 rings (SSSR count). The normalized spacial score (nSPS) is 23.7. The summed E-state index contributed by atoms with van der Waals surface area (Å²) in [7, 11) is 2.07. The fourth-order valence-electron chi connectivity index (χ4n) is 3.11. The van der Waals surface area contributed by atoms with Crippen molar-refractivity contribution in [1.29, 1.82) is 0 Å². The molecule has 24 heavy (non-hydrogen) atoms. The summed E-state index contributed by atoms with van der Waals surface area (Å²) in [5.74, 6) is -0.0319. The van der Waals surface area contributed by atoms with Gasteiger partial charge < -0.3 is 20.3 Å². The highest BCUT2D eigenvalue weighted by Crippen LogP contribution is 2.22. The van der Waals surface area contributed by atoms with Crippen LogP contribution in [0.1, 0.15) is 13.3 Å². The van der Waals surface area contributed by atoms with Crippen molar-refractivity contribution in [3.05, 3.63) is 24.3 Å². The lowest BCUT2D eigenvalue weighted by Gasteiger charge is -2.33. The molecule has 0 radical (unpaired) electrons. The number of fused-ring (bicyclic) bond motifs is 1. The predicted octanol–water partition coefficient (Wildman–Crippen LogP) is 1.58. The third-order valence-electron chi connectivity index (χ3n) is 4.61. The molecule has 2 N–H and O–H groups in total. The molecule has 2 aliphatic rings. The van der Waals surface area contributed by atoms with Crippen molar-refractivity contribution in [3.63, 3.8) is 0 Å². The van der Waals surface area contributed by atoms with Crippen molar-refractivity contribution in [1.82, 2.24) is 9.80 Å². The number of benzene rings is 1. The van der Waals surface area contributed by atoms with Crippen LogP contribution < -0.4 is 10.6 Å². The van der Waals surface area contributed by atoms with Crippen molar-refractivity contribution < 1.29 is 14.3 Å². The molecule has 130 valence electrons. The predicted molar refractivity (Wildman–Crippen MR) is 92.1 cm³/mol. The lowest BCUT2D eigenvalue weighted by atomic mass is 10.1. The Labute approximate surface area is 141 Å². The Morgan fingerprint density at radius 1 is 1.17 bits per heavy atom. The molecule has 0 bridgehead atoms. The number of rotatable bonds is 3. The summed E-state index contributed by atoms with van der Waals surface area (Å²) < 4.78 is 5.76. The smallest absolute Gasteiger partial charge is 0.321 e. The van der Waals surface area contributed by atoms with Crippen molar-refractivity contribution >= 4 is 23.3 Å². The highest BCUT2D eigenvalue weighted by molar-refractivity contribution is 5.92. The van der Waals surface area contributed by atoms with E-state index in [0.717, 1.165) is 18.8 Å². The van der Waals surface area contributed by atoms with Gasteiger partial charge in [0.25, 0.3) is 0 Å². The molecule has 2 aliphatic heterocycles. The van der Waals surface area contributed by atoms with E-state index in [1.54, 1.807) is 36.1 Å². The zero-order valence-corrected chi connectivity index (χ0v) is 14.1. The molecule has 0 spiro atoms. The standard InChI is InChI=1S/C17H24N4O3/c1-3-16(22)18-12-4-6-13(7-5-12)19-17(23)21-10-14-15(11-21)24-9-8-20(14)2/h4-7,14-15H,3,8-11H2,1-2H3,(H,18,22)(H,19,23). The van der Waals surface area contributed by atoms with Gasteiger partial charge in [-0.25, -0.2) is 4.79 Å². The van der Waals surface area contributed by atoms with Crippen LogP contribution in [0, 0.1) is 0 Å². The fraction of sp³-hybridized carbons (Fsp3) is 0.529. The van der Waals surface area contributed by atoms with Crippen LogP contribution in [-0.2, 0) is 9.53 Å². The molecular formula is C17H24N4O3. The summed E-state index contributed by atoms with van der Waals surface area (Å²) in [6.45, 7) is 4.72. The Bertz CT molecular complexity index is 604. The third-order valence-corrected chi connectivity index (χ3v) is 4.61. The van der Waals surface area contributed by atoms with Crippen LogP contribution >= 0.6 is 0 Å². The Hall–Kier alpha value is -2.12. The quantitative estimate of drug-likeness (QED) is 0.881. The topological polar surface area (TPSA) is 73.9 Å². The first-order valence-electron chi connectivity index (χ1n) is 8.34. The minimum absolute atomic E-state index is 0.0319. The minimum Gasteiger partial charge on any atom is -0.373 e. The Morgan fingerprint density at radius 2 is 1.83 bits per heavy atom. The largest absolute Gasteiger partial charge is 0.373 e. The summed E-state index contributed by atoms with van der Waals surface area (Å²) in [5.41, 5.74) is 1.43. The molecule has 7 heteroatoms. The van der Waals surface area contributed by atoms with Gasteiger partial charge in [-0.2, -0.15) is 0 Å². The molecule has 2 atom stereocenters. The number of carbonyl (C=O) groups is 2. The summed E-state index contributed by atoms with van der Waals surface area (Å²) >= 11 is 0. The van der Waals surface area contributed by atoms with Gasteiger partial charge in [0.15, 0.2) is 0 Å². The number of ether oxygens (including phenoxy) is 1. The maximum Gasteiger partial charge on any atom is 0.321 e. The summed E-state index contributed by atoms with van der Waals surface area (Å²) in [6, 6.07) is 7.29. The number of anilines is 2. The van der Waals surface area contributed by atoms with E-state index >= 15 is 0 Å². The summed E-state index contributed by atoms with van der Waals surface area (Å²) in [6.07, 6.45) is 0.535. The van der Waals surface area contributed by atoms with E-state index in [2.05, 4.69) is 22.6 Å². The molecule has 7 nitrogen and oxygen atoms in total. The minimum atomic E-state index is -0.119. The molecule has 0 aliphatic carbocycles. The van der Waals surface area contributed by atoms with Gasteiger partial charge in [0.05, 0.1) is 25.3 Å². The van der Waals surface area contributed by atoms with Gasteiger partial charge in [-0.3, -0.25) is 9.69 Å². The van der Waals surface area contributed by atoms with Crippen LogP contribution in [0.15, 0.2) is 24.3 Å². The summed E-state index contributed by atoms with van der Waals surface area (Å²) in [4.78, 5) is 27.9. The molecule has 1 aromatic carbocycles. The number of nitrogens with zero attached hydrogens (tertiary/aromatic N) is 2. The molecular weight excluding hydrogens is 308 g/mol. The average Bonchev–Trinajstić information content (AvgIpc) is 3.02. The van der Waals surface area contributed by atoms with Crippen LogP contribution in [0.2, 0.25) is 0 Å². The maximum absolute atomic E-state index is 12.4. The van der Waals surface area contributed by atoms with E-state index in [1.165, 1.54) is 0 Å². The monoisotopic (exact) mass is 332 g/mol. The van der Waals surface area contributed by atoms with Gasteiger partial charge in [0.2, 0.25) is 5.91 Å². The number of likely N-dealkylation sites (tertiary alicyclic amines) is 1. The highest BCUT2D eigenvalue weighted by Gasteiger charge is 2.40. The summed E-state index contributed by atoms with van der Waals surface area (Å²) in [5, 5.41) is 5.68. The van der Waals surface area contributed by atoms with Crippen LogP contribution in [0.3, 0.4) is 0 Å². The zero-order valence-electron chi connectivity index (χ0n) is 14.1. The van der Waals surface area contributed by atoms with Crippen LogP contribution in [0.25, 0.3) is 0 Å². The number of carbonyl (C=O) groups excluding carboxylic acids is 2. The van der Waals surface area contributed by atoms with Crippen LogP contribution in [0.4, 0.5) is 16.2 Å². The van der Waals surface area contributed by atoms with Gasteiger partial charge in [-0.1, -0.05) is 6.92 Å². The molecule has 0 aromatic heterocycles. The third kappa shape index (κ3) is 3.68. The molecule has 2 saturated heterocycles. The second-order valence-corrected chi connectivity index (χ2v) is 6.27. The zero-order chi connectivity index (χ0) is 17.1. The number of nitrogens with one attached hydrogen (secondary N) is 2. The van der Waals surface area contributed by atoms with Crippen molar-refractivity contribution in [2.75, 3.05) is 43.9 Å². The number of amides is 3. The van der Waals surface area contributed by atoms with Crippen molar-refractivity contribution in [2.24, 2.45) is 0 Å². The fourth-order valence-corrected chi connectivity index (χ4v) is 3.11. The van der Waals surface area contributed by atoms with Crippen LogP contribution in [-0.4, -0.2) is 67.2 Å². The highest BCUT2D eigenvalue weighted by atomic mass is 16.5. The second kappa shape index (κ2) is 7.19. The maximum atomic E-state index is 12.4. The lowest BCUT2D eigenvalue weighted by molar-refractivity contribution is -0.115. The van der Waals surface area contributed by atoms with Gasteiger partial charge in [0, 0.05) is 30.9 Å². The van der Waals surface area contributed by atoms with E-state index in [-0.39, 0.29) is 24.1 Å². The van der Waals surface area contributed by atoms with E-state index in [1.807, 2.05) is 0 Å². The Balaban J connectivity index is 1.56. The Morgan fingerprint density at radius 3 is 2.46 bits per heavy atom. The SMILES string of the molecule is CCC(=O)Nc1ccc(NC(=O)N2CC3OCCN(C)C3C2)cc1. The first-order valence-corrected chi connectivity index (χ1v) is 8.34. The first kappa shape index (κ1) is 16.7. The van der Waals surface area contributed by atoms with Crippen molar-refractivity contribution in [3.8, 4) is 0 Å². The van der Waals surface area contributed by atoms with Gasteiger partial charge >= 0.3 is 6.03 Å². The van der Waals surface area contributed by atoms with Crippen LogP contribution in [0.5, 0.6) is 0 Å². The average molecular weight is 332 g/mol. The molecule has 1 aromatic rings. The molecule has 0 saturated carbocycles. The Kier molecular flexibility index (Phi) is 5.01. The van der Waals surface area contributed by atoms with E-state index < -0.39 is 0 Å². The molecule has 3 amide bonds. The molecule has 2 heterocycles. The van der Waals surface area contributed by atoms with Gasteiger partial charge in [-0.15, -0.1) is 0 Å². The first-order chi connectivity index (χ1) is 11.6. The number of hydrogen-bond donors (Lipinski definition) is 2. The number of urea groups is 1. The van der Waals surface area contributed by atoms with Gasteiger partial charge in [0.1, 0.15) is 0 Å².